The molecule has 0 unspecified atom stereocenters. The highest BCUT2D eigenvalue weighted by Gasteiger charge is 2.13. The molecule has 0 amide bonds. The van der Waals surface area contributed by atoms with Gasteiger partial charge in [-0.3, -0.25) is 0 Å². The Morgan fingerprint density at radius 1 is 1.46 bits per heavy atom. The normalized spacial score (nSPS) is 10.1. The van der Waals surface area contributed by atoms with Crippen LogP contribution in [0.25, 0.3) is 0 Å². The number of hydrogen-bond acceptors (Lipinski definition) is 2. The Labute approximate surface area is 84.7 Å². The number of nitrogens with two attached hydrogens (primary N) is 1. The van der Waals surface area contributed by atoms with E-state index in [-0.39, 0.29) is 0 Å². The molecule has 0 radical (unpaired) electrons. The van der Waals surface area contributed by atoms with Crippen LogP contribution in [0.4, 0.5) is 5.69 Å². The Kier molecular flexibility index (Phi) is 2.61. The molecule has 70 valence electrons. The van der Waals surface area contributed by atoms with Gasteiger partial charge < -0.3 is 10.8 Å². The van der Waals surface area contributed by atoms with Crippen LogP contribution in [-0.2, 0) is 0 Å². The second-order valence-electron chi connectivity index (χ2n) is 2.87. The van der Waals surface area contributed by atoms with E-state index in [1.54, 1.807) is 6.92 Å². The van der Waals surface area contributed by atoms with E-state index in [1.165, 1.54) is 6.07 Å². The predicted octanol–water partition coefficient (Wildman–Crippen LogP) is 2.35. The fraction of sp³-hybridized carbons (Fsp3) is 0.222. The van der Waals surface area contributed by atoms with E-state index in [1.807, 2.05) is 6.92 Å². The largest absolute Gasteiger partial charge is 0.478 e. The molecule has 4 heteroatoms. The first-order chi connectivity index (χ1) is 5.95. The Morgan fingerprint density at radius 2 is 2.00 bits per heavy atom. The van der Waals surface area contributed by atoms with Crippen LogP contribution < -0.4 is 5.73 Å². The molecular weight excluding hydrogens is 234 g/mol. The summed E-state index contributed by atoms with van der Waals surface area (Å²) in [7, 11) is 0. The minimum Gasteiger partial charge on any atom is -0.478 e. The number of nitrogen functional groups attached to an aromatic ring is 1. The van der Waals surface area contributed by atoms with Crippen LogP contribution >= 0.6 is 15.9 Å². The van der Waals surface area contributed by atoms with Crippen molar-refractivity contribution in [1.82, 2.24) is 0 Å². The van der Waals surface area contributed by atoms with Crippen molar-refractivity contribution in [2.45, 2.75) is 13.8 Å². The maximum Gasteiger partial charge on any atom is 0.336 e. The van der Waals surface area contributed by atoms with Crippen LogP contribution in [0.3, 0.4) is 0 Å². The fourth-order valence-electron chi connectivity index (χ4n) is 1.12. The van der Waals surface area contributed by atoms with E-state index in [0.29, 0.717) is 21.3 Å². The van der Waals surface area contributed by atoms with Crippen LogP contribution in [-0.4, -0.2) is 11.1 Å². The number of anilines is 1. The lowest BCUT2D eigenvalue weighted by Gasteiger charge is -2.09. The van der Waals surface area contributed by atoms with Gasteiger partial charge in [0.05, 0.1) is 5.56 Å². The summed E-state index contributed by atoms with van der Waals surface area (Å²) >= 11 is 3.21. The highest BCUT2D eigenvalue weighted by atomic mass is 79.9. The van der Waals surface area contributed by atoms with Gasteiger partial charge in [0.2, 0.25) is 0 Å². The van der Waals surface area contributed by atoms with Crippen molar-refractivity contribution in [3.8, 4) is 0 Å². The van der Waals surface area contributed by atoms with E-state index < -0.39 is 5.97 Å². The number of carbonyl (C=O) groups is 1. The first-order valence-electron chi connectivity index (χ1n) is 3.73. The van der Waals surface area contributed by atoms with Crippen molar-refractivity contribution >= 4 is 27.6 Å². The van der Waals surface area contributed by atoms with Gasteiger partial charge in [0.1, 0.15) is 0 Å². The lowest BCUT2D eigenvalue weighted by molar-refractivity contribution is 0.0696. The van der Waals surface area contributed by atoms with Crippen LogP contribution in [0.5, 0.6) is 0 Å². The van der Waals surface area contributed by atoms with Crippen molar-refractivity contribution < 1.29 is 9.90 Å². The molecule has 0 aromatic heterocycles. The molecular formula is C9H10BrNO2. The third kappa shape index (κ3) is 1.67. The third-order valence-electron chi connectivity index (χ3n) is 2.13. The lowest BCUT2D eigenvalue weighted by Crippen LogP contribution is -2.04. The molecule has 0 atom stereocenters. The number of benzene rings is 1. The van der Waals surface area contributed by atoms with Crippen molar-refractivity contribution in [2.24, 2.45) is 0 Å². The summed E-state index contributed by atoms with van der Waals surface area (Å²) < 4.78 is 0.632. The van der Waals surface area contributed by atoms with Crippen molar-refractivity contribution in [3.63, 3.8) is 0 Å². The van der Waals surface area contributed by atoms with E-state index in [0.717, 1.165) is 5.56 Å². The quantitative estimate of drug-likeness (QED) is 0.745. The van der Waals surface area contributed by atoms with Gasteiger partial charge in [0.25, 0.3) is 0 Å². The van der Waals surface area contributed by atoms with Gasteiger partial charge in [0, 0.05) is 10.2 Å². The molecule has 0 spiro atoms. The van der Waals surface area contributed by atoms with Gasteiger partial charge in [-0.05, 0) is 47.0 Å². The second-order valence-corrected chi connectivity index (χ2v) is 3.73. The molecule has 0 fully saturated rings. The van der Waals surface area contributed by atoms with E-state index >= 15 is 0 Å². The minimum atomic E-state index is -0.929. The number of carboxylic acids is 1. The average Bonchev–Trinajstić information content (AvgIpc) is 2.07. The zero-order chi connectivity index (χ0) is 10.2. The zero-order valence-corrected chi connectivity index (χ0v) is 8.97. The molecule has 3 nitrogen and oxygen atoms in total. The Morgan fingerprint density at radius 3 is 2.46 bits per heavy atom. The number of halogens is 1. The molecule has 0 saturated carbocycles. The van der Waals surface area contributed by atoms with Crippen molar-refractivity contribution in [1.29, 1.82) is 0 Å². The summed E-state index contributed by atoms with van der Waals surface area (Å²) in [5.74, 6) is -0.929. The summed E-state index contributed by atoms with van der Waals surface area (Å²) in [4.78, 5) is 10.8. The molecule has 3 N–H and O–H groups in total. The van der Waals surface area contributed by atoms with Gasteiger partial charge >= 0.3 is 5.97 Å². The molecule has 0 aliphatic carbocycles. The van der Waals surface area contributed by atoms with E-state index in [4.69, 9.17) is 10.8 Å². The topological polar surface area (TPSA) is 63.3 Å². The second kappa shape index (κ2) is 3.38. The average molecular weight is 244 g/mol. The Hall–Kier alpha value is -1.03. The van der Waals surface area contributed by atoms with Crippen molar-refractivity contribution in [3.05, 3.63) is 27.2 Å². The monoisotopic (exact) mass is 243 g/mol. The predicted molar refractivity (Wildman–Crippen MR) is 55.0 cm³/mol. The van der Waals surface area contributed by atoms with Crippen LogP contribution in [0.1, 0.15) is 21.5 Å². The van der Waals surface area contributed by atoms with Gasteiger partial charge in [0.15, 0.2) is 0 Å². The molecule has 1 aromatic carbocycles. The van der Waals surface area contributed by atoms with E-state index in [9.17, 15) is 4.79 Å². The summed E-state index contributed by atoms with van der Waals surface area (Å²) in [5.41, 5.74) is 8.13. The summed E-state index contributed by atoms with van der Waals surface area (Å²) in [6.07, 6.45) is 0. The zero-order valence-electron chi connectivity index (χ0n) is 7.39. The first-order valence-corrected chi connectivity index (χ1v) is 4.53. The molecule has 13 heavy (non-hydrogen) atoms. The molecule has 1 aromatic rings. The summed E-state index contributed by atoms with van der Waals surface area (Å²) in [6.45, 7) is 3.56. The highest BCUT2D eigenvalue weighted by molar-refractivity contribution is 9.10. The number of rotatable bonds is 1. The summed E-state index contributed by atoms with van der Waals surface area (Å²) in [6, 6.07) is 1.53. The number of aromatic carboxylic acids is 1. The third-order valence-corrected chi connectivity index (χ3v) is 2.79. The molecule has 1 rings (SSSR count). The SMILES string of the molecule is Cc1c(C(=O)O)cc(Br)c(N)c1C. The number of hydrogen-bond donors (Lipinski definition) is 2. The Bertz CT molecular complexity index is 374. The molecule has 0 bridgehead atoms. The highest BCUT2D eigenvalue weighted by Crippen LogP contribution is 2.28. The maximum absolute atomic E-state index is 10.8. The molecule has 0 aliphatic rings. The molecule has 0 heterocycles. The van der Waals surface area contributed by atoms with Gasteiger partial charge in [-0.15, -0.1) is 0 Å². The van der Waals surface area contributed by atoms with E-state index in [2.05, 4.69) is 15.9 Å². The standard InChI is InChI=1S/C9H10BrNO2/c1-4-5(2)8(11)7(10)3-6(4)9(12)13/h3H,11H2,1-2H3,(H,12,13). The lowest BCUT2D eigenvalue weighted by atomic mass is 10.0. The Balaban J connectivity index is 3.50. The fourth-order valence-corrected chi connectivity index (χ4v) is 1.64. The minimum absolute atomic E-state index is 0.290. The first kappa shape index (κ1) is 10.1. The van der Waals surface area contributed by atoms with Gasteiger partial charge in [-0.25, -0.2) is 4.79 Å². The van der Waals surface area contributed by atoms with Crippen molar-refractivity contribution in [2.75, 3.05) is 5.73 Å². The van der Waals surface area contributed by atoms with Crippen LogP contribution in [0, 0.1) is 13.8 Å². The van der Waals surface area contributed by atoms with Crippen LogP contribution in [0.15, 0.2) is 10.5 Å². The summed E-state index contributed by atoms with van der Waals surface area (Å²) in [5, 5.41) is 8.84. The maximum atomic E-state index is 10.8. The van der Waals surface area contributed by atoms with Gasteiger partial charge in [-0.1, -0.05) is 0 Å². The number of carboxylic acid groups (broad SMARTS) is 1. The smallest absolute Gasteiger partial charge is 0.336 e. The molecule has 0 saturated heterocycles. The van der Waals surface area contributed by atoms with Crippen LogP contribution in [0.2, 0.25) is 0 Å². The van der Waals surface area contributed by atoms with Gasteiger partial charge in [-0.2, -0.15) is 0 Å². The molecule has 0 aliphatic heterocycles.